The van der Waals surface area contributed by atoms with Gasteiger partial charge in [0.15, 0.2) is 0 Å². The highest BCUT2D eigenvalue weighted by Crippen LogP contribution is 2.21. The maximum absolute atomic E-state index is 12.8. The van der Waals surface area contributed by atoms with Gasteiger partial charge < -0.3 is 10.6 Å². The highest BCUT2D eigenvalue weighted by atomic mass is 32.2. The number of carbonyl (C=O) groups is 1. The molecule has 6 nitrogen and oxygen atoms in total. The lowest BCUT2D eigenvalue weighted by Gasteiger charge is -2.20. The summed E-state index contributed by atoms with van der Waals surface area (Å²) in [5, 5.41) is 6.03. The van der Waals surface area contributed by atoms with Crippen LogP contribution in [0.4, 0.5) is 0 Å². The Morgan fingerprint density at radius 2 is 1.80 bits per heavy atom. The molecular weight excluding hydrogens is 338 g/mol. The molecule has 0 bridgehead atoms. The van der Waals surface area contributed by atoms with Gasteiger partial charge in [0.1, 0.15) is 0 Å². The van der Waals surface area contributed by atoms with Gasteiger partial charge >= 0.3 is 0 Å². The molecule has 1 fully saturated rings. The van der Waals surface area contributed by atoms with Gasteiger partial charge in [-0.25, -0.2) is 8.42 Å². The van der Waals surface area contributed by atoms with Gasteiger partial charge in [-0.3, -0.25) is 4.79 Å². The number of amides is 1. The SMILES string of the molecule is CCCNCCNC(=O)c1cccc(S(=O)(=O)N2CCCCCC2)c1. The Hall–Kier alpha value is -1.44. The molecule has 2 N–H and O–H groups in total. The topological polar surface area (TPSA) is 78.5 Å². The minimum Gasteiger partial charge on any atom is -0.351 e. The molecule has 1 aromatic carbocycles. The molecule has 2 rings (SSSR count). The Kier molecular flexibility index (Phi) is 7.87. The van der Waals surface area contributed by atoms with E-state index in [0.717, 1.165) is 38.6 Å². The Labute approximate surface area is 151 Å². The number of hydrogen-bond donors (Lipinski definition) is 2. The van der Waals surface area contributed by atoms with Crippen molar-refractivity contribution >= 4 is 15.9 Å². The first-order valence-electron chi connectivity index (χ1n) is 9.15. The van der Waals surface area contributed by atoms with E-state index in [-0.39, 0.29) is 10.8 Å². The molecule has 25 heavy (non-hydrogen) atoms. The molecule has 0 unspecified atom stereocenters. The first-order valence-corrected chi connectivity index (χ1v) is 10.6. The van der Waals surface area contributed by atoms with E-state index < -0.39 is 10.0 Å². The molecule has 1 aliphatic heterocycles. The highest BCUT2D eigenvalue weighted by molar-refractivity contribution is 7.89. The summed E-state index contributed by atoms with van der Waals surface area (Å²) in [6.45, 7) is 5.33. The van der Waals surface area contributed by atoms with Gasteiger partial charge in [-0.2, -0.15) is 4.31 Å². The van der Waals surface area contributed by atoms with E-state index >= 15 is 0 Å². The number of benzene rings is 1. The van der Waals surface area contributed by atoms with E-state index in [1.807, 2.05) is 0 Å². The molecule has 140 valence electrons. The minimum absolute atomic E-state index is 0.200. The van der Waals surface area contributed by atoms with Crippen LogP contribution in [-0.4, -0.2) is 51.4 Å². The average molecular weight is 368 g/mol. The summed E-state index contributed by atoms with van der Waals surface area (Å²) in [5.41, 5.74) is 0.381. The second-order valence-electron chi connectivity index (χ2n) is 6.35. The maximum Gasteiger partial charge on any atom is 0.251 e. The van der Waals surface area contributed by atoms with Gasteiger partial charge in [0, 0.05) is 31.7 Å². The summed E-state index contributed by atoms with van der Waals surface area (Å²) in [4.78, 5) is 12.4. The first kappa shape index (κ1) is 19.9. The lowest BCUT2D eigenvalue weighted by atomic mass is 10.2. The summed E-state index contributed by atoms with van der Waals surface area (Å²) in [6.07, 6.45) is 4.97. The van der Waals surface area contributed by atoms with Crippen molar-refractivity contribution in [3.8, 4) is 0 Å². The summed E-state index contributed by atoms with van der Waals surface area (Å²) < 4.78 is 27.2. The number of rotatable bonds is 8. The predicted molar refractivity (Wildman–Crippen MR) is 99.2 cm³/mol. The van der Waals surface area contributed by atoms with Crippen molar-refractivity contribution in [1.82, 2.24) is 14.9 Å². The van der Waals surface area contributed by atoms with Crippen LogP contribution in [0.15, 0.2) is 29.2 Å². The second-order valence-corrected chi connectivity index (χ2v) is 8.29. The number of nitrogens with one attached hydrogen (secondary N) is 2. The van der Waals surface area contributed by atoms with Gasteiger partial charge in [0.05, 0.1) is 4.90 Å². The molecular formula is C18H29N3O3S. The van der Waals surface area contributed by atoms with Gasteiger partial charge in [-0.15, -0.1) is 0 Å². The molecule has 0 atom stereocenters. The molecule has 1 aromatic rings. The third-order valence-electron chi connectivity index (χ3n) is 4.31. The highest BCUT2D eigenvalue weighted by Gasteiger charge is 2.25. The Balaban J connectivity index is 2.03. The Morgan fingerprint density at radius 3 is 2.48 bits per heavy atom. The summed E-state index contributed by atoms with van der Waals surface area (Å²) in [7, 11) is -3.53. The van der Waals surface area contributed by atoms with E-state index in [1.54, 1.807) is 22.5 Å². The van der Waals surface area contributed by atoms with Crippen LogP contribution < -0.4 is 10.6 Å². The standard InChI is InChI=1S/C18H29N3O3S/c1-2-10-19-11-12-20-18(22)16-8-7-9-17(15-16)25(23,24)21-13-5-3-4-6-14-21/h7-9,15,19H,2-6,10-14H2,1H3,(H,20,22). The summed E-state index contributed by atoms with van der Waals surface area (Å²) in [6, 6.07) is 6.33. The van der Waals surface area contributed by atoms with Gasteiger partial charge in [-0.1, -0.05) is 25.8 Å². The van der Waals surface area contributed by atoms with Crippen LogP contribution in [0, 0.1) is 0 Å². The van der Waals surface area contributed by atoms with Crippen molar-refractivity contribution in [2.75, 3.05) is 32.7 Å². The van der Waals surface area contributed by atoms with Gasteiger partial charge in [0.25, 0.3) is 5.91 Å². The number of sulfonamides is 1. The van der Waals surface area contributed by atoms with E-state index in [0.29, 0.717) is 31.7 Å². The summed E-state index contributed by atoms with van der Waals surface area (Å²) in [5.74, 6) is -0.244. The molecule has 0 aromatic heterocycles. The van der Waals surface area contributed by atoms with Gasteiger partial charge in [-0.05, 0) is 44.0 Å². The number of carbonyl (C=O) groups excluding carboxylic acids is 1. The fourth-order valence-electron chi connectivity index (χ4n) is 2.90. The molecule has 0 radical (unpaired) electrons. The minimum atomic E-state index is -3.53. The fourth-order valence-corrected chi connectivity index (χ4v) is 4.46. The van der Waals surface area contributed by atoms with E-state index in [4.69, 9.17) is 0 Å². The van der Waals surface area contributed by atoms with Gasteiger partial charge in [0.2, 0.25) is 10.0 Å². The Bertz CT molecular complexity index is 653. The first-order chi connectivity index (χ1) is 12.1. The van der Waals surface area contributed by atoms with E-state index in [2.05, 4.69) is 17.6 Å². The number of hydrogen-bond acceptors (Lipinski definition) is 4. The lowest BCUT2D eigenvalue weighted by Crippen LogP contribution is -2.33. The third kappa shape index (κ3) is 5.80. The maximum atomic E-state index is 12.8. The van der Waals surface area contributed by atoms with Crippen LogP contribution >= 0.6 is 0 Å². The third-order valence-corrected chi connectivity index (χ3v) is 6.21. The van der Waals surface area contributed by atoms with Crippen molar-refractivity contribution in [2.45, 2.75) is 43.9 Å². The Morgan fingerprint density at radius 1 is 1.08 bits per heavy atom. The zero-order valence-corrected chi connectivity index (χ0v) is 15.8. The fraction of sp³-hybridized carbons (Fsp3) is 0.611. The molecule has 0 aliphatic carbocycles. The van der Waals surface area contributed by atoms with Crippen LogP contribution in [0.3, 0.4) is 0 Å². The van der Waals surface area contributed by atoms with Crippen LogP contribution in [0.5, 0.6) is 0 Å². The largest absolute Gasteiger partial charge is 0.351 e. The zero-order valence-electron chi connectivity index (χ0n) is 15.0. The van der Waals surface area contributed by atoms with Crippen molar-refractivity contribution in [3.63, 3.8) is 0 Å². The quantitative estimate of drug-likeness (QED) is 0.689. The van der Waals surface area contributed by atoms with Crippen LogP contribution in [0.1, 0.15) is 49.4 Å². The molecule has 0 spiro atoms. The molecule has 1 aliphatic rings. The van der Waals surface area contributed by atoms with Crippen molar-refractivity contribution in [1.29, 1.82) is 0 Å². The van der Waals surface area contributed by atoms with Crippen molar-refractivity contribution in [3.05, 3.63) is 29.8 Å². The number of nitrogens with zero attached hydrogens (tertiary/aromatic N) is 1. The zero-order chi connectivity index (χ0) is 18.1. The van der Waals surface area contributed by atoms with E-state index in [1.165, 1.54) is 6.07 Å². The smallest absolute Gasteiger partial charge is 0.251 e. The van der Waals surface area contributed by atoms with Crippen LogP contribution in [0.2, 0.25) is 0 Å². The lowest BCUT2D eigenvalue weighted by molar-refractivity contribution is 0.0953. The van der Waals surface area contributed by atoms with E-state index in [9.17, 15) is 13.2 Å². The summed E-state index contributed by atoms with van der Waals surface area (Å²) >= 11 is 0. The monoisotopic (exact) mass is 367 g/mol. The predicted octanol–water partition coefficient (Wildman–Crippen LogP) is 1.98. The molecule has 1 saturated heterocycles. The molecule has 1 amide bonds. The van der Waals surface area contributed by atoms with Crippen LogP contribution in [-0.2, 0) is 10.0 Å². The second kappa shape index (κ2) is 9.89. The van der Waals surface area contributed by atoms with Crippen molar-refractivity contribution in [2.24, 2.45) is 0 Å². The molecule has 7 heteroatoms. The van der Waals surface area contributed by atoms with Crippen LogP contribution in [0.25, 0.3) is 0 Å². The normalized spacial score (nSPS) is 16.4. The average Bonchev–Trinajstić information content (AvgIpc) is 2.91. The molecule has 0 saturated carbocycles. The van der Waals surface area contributed by atoms with Crippen molar-refractivity contribution < 1.29 is 13.2 Å². The molecule has 1 heterocycles.